The fourth-order valence-corrected chi connectivity index (χ4v) is 2.69. The standard InChI is InChI=1S/C16H11F3N2OS/c1-9-5-6-12-13(7-9)20-15(23)21(14(12)22)11-4-2-3-10(8-11)16(17,18)19/h2-8H,1H3,(H,20,23). The SMILES string of the molecule is Cc1ccc2c(=O)n(-c3cccc(C(F)(F)F)c3)c(=S)[nH]c2c1. The number of hydrogen-bond acceptors (Lipinski definition) is 2. The number of benzene rings is 2. The molecular formula is C16H11F3N2OS. The molecule has 0 bridgehead atoms. The van der Waals surface area contributed by atoms with Gasteiger partial charge in [0.25, 0.3) is 5.56 Å². The highest BCUT2D eigenvalue weighted by atomic mass is 32.1. The Morgan fingerprint density at radius 2 is 1.87 bits per heavy atom. The second-order valence-electron chi connectivity index (χ2n) is 5.17. The number of fused-ring (bicyclic) bond motifs is 1. The van der Waals surface area contributed by atoms with Crippen LogP contribution in [0.2, 0.25) is 0 Å². The van der Waals surface area contributed by atoms with E-state index in [-0.39, 0.29) is 10.5 Å². The van der Waals surface area contributed by atoms with Gasteiger partial charge < -0.3 is 4.98 Å². The summed E-state index contributed by atoms with van der Waals surface area (Å²) in [5.74, 6) is 0. The number of halogens is 3. The first-order valence-electron chi connectivity index (χ1n) is 6.71. The van der Waals surface area contributed by atoms with Crippen LogP contribution in [0.4, 0.5) is 13.2 Å². The Kier molecular flexibility index (Phi) is 3.60. The molecule has 0 radical (unpaired) electrons. The Labute approximate surface area is 134 Å². The lowest BCUT2D eigenvalue weighted by molar-refractivity contribution is -0.137. The molecule has 0 amide bonds. The number of aromatic nitrogens is 2. The Morgan fingerprint density at radius 3 is 2.57 bits per heavy atom. The normalized spacial score (nSPS) is 11.8. The van der Waals surface area contributed by atoms with E-state index in [4.69, 9.17) is 12.2 Å². The van der Waals surface area contributed by atoms with Gasteiger partial charge in [0.05, 0.1) is 22.2 Å². The third-order valence-electron chi connectivity index (χ3n) is 3.48. The Hall–Kier alpha value is -2.41. The molecule has 3 rings (SSSR count). The zero-order valence-electron chi connectivity index (χ0n) is 11.9. The van der Waals surface area contributed by atoms with Crippen molar-refractivity contribution in [2.75, 3.05) is 0 Å². The van der Waals surface area contributed by atoms with Crippen LogP contribution in [-0.4, -0.2) is 9.55 Å². The van der Waals surface area contributed by atoms with Gasteiger partial charge >= 0.3 is 6.18 Å². The van der Waals surface area contributed by atoms with Crippen molar-refractivity contribution < 1.29 is 13.2 Å². The van der Waals surface area contributed by atoms with E-state index in [1.165, 1.54) is 12.1 Å². The third kappa shape index (κ3) is 2.79. The van der Waals surface area contributed by atoms with Crippen molar-refractivity contribution in [2.45, 2.75) is 13.1 Å². The van der Waals surface area contributed by atoms with E-state index in [1.54, 1.807) is 18.2 Å². The first-order valence-corrected chi connectivity index (χ1v) is 7.11. The number of hydrogen-bond donors (Lipinski definition) is 1. The second kappa shape index (κ2) is 5.34. The molecular weight excluding hydrogens is 325 g/mol. The summed E-state index contributed by atoms with van der Waals surface area (Å²) in [4.78, 5) is 15.5. The molecule has 3 nitrogen and oxygen atoms in total. The fraction of sp³-hybridized carbons (Fsp3) is 0.125. The molecule has 1 aromatic heterocycles. The lowest BCUT2D eigenvalue weighted by Gasteiger charge is -2.11. The summed E-state index contributed by atoms with van der Waals surface area (Å²) in [6.45, 7) is 1.87. The number of nitrogens with zero attached hydrogens (tertiary/aromatic N) is 1. The van der Waals surface area contributed by atoms with E-state index >= 15 is 0 Å². The minimum Gasteiger partial charge on any atom is -0.331 e. The molecule has 0 saturated carbocycles. The van der Waals surface area contributed by atoms with Crippen LogP contribution < -0.4 is 5.56 Å². The maximum Gasteiger partial charge on any atom is 0.416 e. The number of nitrogens with one attached hydrogen (secondary N) is 1. The van der Waals surface area contributed by atoms with Crippen LogP contribution in [-0.2, 0) is 6.18 Å². The summed E-state index contributed by atoms with van der Waals surface area (Å²) >= 11 is 5.16. The minimum atomic E-state index is -4.49. The zero-order valence-corrected chi connectivity index (χ0v) is 12.8. The minimum absolute atomic E-state index is 0.0485. The molecule has 1 N–H and O–H groups in total. The molecule has 23 heavy (non-hydrogen) atoms. The fourth-order valence-electron chi connectivity index (χ4n) is 2.39. The molecule has 0 aliphatic carbocycles. The Balaban J connectivity index is 2.31. The first-order chi connectivity index (χ1) is 10.8. The summed E-state index contributed by atoms with van der Waals surface area (Å²) in [5, 5.41) is 0.363. The number of aryl methyl sites for hydroxylation is 1. The summed E-state index contributed by atoms with van der Waals surface area (Å²) in [7, 11) is 0. The summed E-state index contributed by atoms with van der Waals surface area (Å²) in [6.07, 6.45) is -4.49. The zero-order chi connectivity index (χ0) is 16.8. The topological polar surface area (TPSA) is 37.8 Å². The van der Waals surface area contributed by atoms with E-state index < -0.39 is 17.3 Å². The number of rotatable bonds is 1. The average molecular weight is 336 g/mol. The van der Waals surface area contributed by atoms with Crippen LogP contribution in [0.15, 0.2) is 47.3 Å². The van der Waals surface area contributed by atoms with Crippen LogP contribution in [0, 0.1) is 11.7 Å². The maximum atomic E-state index is 12.9. The number of H-pyrrole nitrogens is 1. The molecule has 7 heteroatoms. The van der Waals surface area contributed by atoms with Gasteiger partial charge in [-0.05, 0) is 55.0 Å². The van der Waals surface area contributed by atoms with E-state index in [0.717, 1.165) is 22.3 Å². The smallest absolute Gasteiger partial charge is 0.331 e. The van der Waals surface area contributed by atoms with Crippen LogP contribution in [0.5, 0.6) is 0 Å². The van der Waals surface area contributed by atoms with Gasteiger partial charge in [0.2, 0.25) is 0 Å². The Morgan fingerprint density at radius 1 is 1.13 bits per heavy atom. The molecule has 0 spiro atoms. The predicted molar refractivity (Wildman–Crippen MR) is 84.5 cm³/mol. The van der Waals surface area contributed by atoms with Crippen molar-refractivity contribution >= 4 is 23.1 Å². The molecule has 3 aromatic rings. The molecule has 118 valence electrons. The summed E-state index contributed by atoms with van der Waals surface area (Å²) < 4.78 is 39.7. The van der Waals surface area contributed by atoms with Crippen LogP contribution in [0.1, 0.15) is 11.1 Å². The number of aromatic amines is 1. The van der Waals surface area contributed by atoms with Crippen LogP contribution in [0.25, 0.3) is 16.6 Å². The lowest BCUT2D eigenvalue weighted by Crippen LogP contribution is -2.21. The van der Waals surface area contributed by atoms with Crippen molar-refractivity contribution in [2.24, 2.45) is 0 Å². The van der Waals surface area contributed by atoms with Gasteiger partial charge in [0, 0.05) is 0 Å². The van der Waals surface area contributed by atoms with Gasteiger partial charge in [-0.15, -0.1) is 0 Å². The molecule has 0 aliphatic heterocycles. The van der Waals surface area contributed by atoms with Gasteiger partial charge in [0.1, 0.15) is 0 Å². The highest BCUT2D eigenvalue weighted by Gasteiger charge is 2.30. The molecule has 0 aliphatic rings. The highest BCUT2D eigenvalue weighted by Crippen LogP contribution is 2.30. The predicted octanol–water partition coefficient (Wildman–Crippen LogP) is 4.38. The van der Waals surface area contributed by atoms with Crippen LogP contribution in [0.3, 0.4) is 0 Å². The van der Waals surface area contributed by atoms with Gasteiger partial charge in [-0.1, -0.05) is 12.1 Å². The summed E-state index contributed by atoms with van der Waals surface area (Å²) in [6, 6.07) is 9.68. The molecule has 0 fully saturated rings. The van der Waals surface area contributed by atoms with Crippen molar-refractivity contribution in [1.82, 2.24) is 9.55 Å². The van der Waals surface area contributed by atoms with Crippen molar-refractivity contribution in [3.8, 4) is 5.69 Å². The van der Waals surface area contributed by atoms with Gasteiger partial charge in [-0.25, -0.2) is 0 Å². The van der Waals surface area contributed by atoms with Gasteiger partial charge in [-0.3, -0.25) is 9.36 Å². The van der Waals surface area contributed by atoms with E-state index in [1.807, 2.05) is 6.92 Å². The quantitative estimate of drug-likeness (QED) is 0.670. The molecule has 0 saturated heterocycles. The van der Waals surface area contributed by atoms with E-state index in [2.05, 4.69) is 4.98 Å². The third-order valence-corrected chi connectivity index (χ3v) is 3.77. The highest BCUT2D eigenvalue weighted by molar-refractivity contribution is 7.71. The van der Waals surface area contributed by atoms with Gasteiger partial charge in [0.15, 0.2) is 4.77 Å². The van der Waals surface area contributed by atoms with E-state index in [9.17, 15) is 18.0 Å². The summed E-state index contributed by atoms with van der Waals surface area (Å²) in [5.41, 5.74) is 0.291. The monoisotopic (exact) mass is 336 g/mol. The number of alkyl halides is 3. The van der Waals surface area contributed by atoms with Crippen molar-refractivity contribution in [3.63, 3.8) is 0 Å². The molecule has 1 heterocycles. The first kappa shape index (κ1) is 15.5. The maximum absolute atomic E-state index is 12.9. The molecule has 2 aromatic carbocycles. The van der Waals surface area contributed by atoms with Crippen molar-refractivity contribution in [3.05, 3.63) is 68.7 Å². The van der Waals surface area contributed by atoms with Gasteiger partial charge in [-0.2, -0.15) is 13.2 Å². The Bertz CT molecular complexity index is 1020. The average Bonchev–Trinajstić information content (AvgIpc) is 2.46. The van der Waals surface area contributed by atoms with Crippen molar-refractivity contribution in [1.29, 1.82) is 0 Å². The lowest BCUT2D eigenvalue weighted by atomic mass is 10.1. The molecule has 0 unspecified atom stereocenters. The second-order valence-corrected chi connectivity index (χ2v) is 5.55. The molecule has 0 atom stereocenters. The van der Waals surface area contributed by atoms with Crippen LogP contribution >= 0.6 is 12.2 Å². The largest absolute Gasteiger partial charge is 0.416 e. The van der Waals surface area contributed by atoms with E-state index in [0.29, 0.717) is 10.9 Å².